The molecule has 1 unspecified atom stereocenters. The summed E-state index contributed by atoms with van der Waals surface area (Å²) in [5.41, 5.74) is 9.73. The Balaban J connectivity index is 1.87. The highest BCUT2D eigenvalue weighted by molar-refractivity contribution is 5.95. The van der Waals surface area contributed by atoms with Crippen LogP contribution in [0, 0.1) is 6.92 Å². The summed E-state index contributed by atoms with van der Waals surface area (Å²) in [6, 6.07) is 15.0. The van der Waals surface area contributed by atoms with Crippen LogP contribution in [-0.4, -0.2) is 27.8 Å². The number of amides is 1. The number of aromatic nitrogens is 3. The predicted octanol–water partition coefficient (Wildman–Crippen LogP) is 3.04. The van der Waals surface area contributed by atoms with Crippen LogP contribution in [0.4, 0.5) is 5.95 Å². The molecule has 0 saturated carbocycles. The predicted molar refractivity (Wildman–Crippen MR) is 107 cm³/mol. The first-order chi connectivity index (χ1) is 13.5. The summed E-state index contributed by atoms with van der Waals surface area (Å²) in [5.74, 6) is 1.33. The van der Waals surface area contributed by atoms with Crippen LogP contribution >= 0.6 is 0 Å². The maximum Gasteiger partial charge on any atom is 0.248 e. The minimum Gasteiger partial charge on any atom is -0.497 e. The van der Waals surface area contributed by atoms with Gasteiger partial charge in [-0.1, -0.05) is 42.0 Å². The van der Waals surface area contributed by atoms with E-state index in [0.717, 1.165) is 16.7 Å². The maximum atomic E-state index is 12.3. The molecule has 1 amide bonds. The fourth-order valence-electron chi connectivity index (χ4n) is 3.41. The van der Waals surface area contributed by atoms with Gasteiger partial charge in [-0.15, -0.1) is 5.10 Å². The second-order valence-corrected chi connectivity index (χ2v) is 6.78. The molecule has 0 saturated heterocycles. The standard InChI is InChI=1S/C21H21N5O2/c1-12-7-9-14(10-8-12)20-24-21-23-13(2)17(19(22)27)18(26(21)25-20)15-5-4-6-16(11-15)28-3/h4-11,18H,1-3H3,(H2,22,27)(H,23,24,25). The number of fused-ring (bicyclic) bond motifs is 1. The molecule has 7 heteroatoms. The third-order valence-electron chi connectivity index (χ3n) is 4.84. The number of anilines is 1. The van der Waals surface area contributed by atoms with Crippen LogP contribution in [0.15, 0.2) is 59.8 Å². The lowest BCUT2D eigenvalue weighted by Crippen LogP contribution is -2.31. The van der Waals surface area contributed by atoms with Crippen LogP contribution in [0.2, 0.25) is 0 Å². The summed E-state index contributed by atoms with van der Waals surface area (Å²) in [6.45, 7) is 3.85. The summed E-state index contributed by atoms with van der Waals surface area (Å²) in [6.07, 6.45) is 0. The third-order valence-corrected chi connectivity index (χ3v) is 4.84. The first-order valence-electron chi connectivity index (χ1n) is 8.93. The Bertz CT molecular complexity index is 1080. The molecule has 2 heterocycles. The fraction of sp³-hybridized carbons (Fsp3) is 0.190. The number of aryl methyl sites for hydroxylation is 1. The smallest absolute Gasteiger partial charge is 0.248 e. The number of nitrogens with zero attached hydrogens (tertiary/aromatic N) is 3. The second kappa shape index (κ2) is 6.84. The van der Waals surface area contributed by atoms with Gasteiger partial charge in [0.25, 0.3) is 0 Å². The van der Waals surface area contributed by atoms with Crippen molar-refractivity contribution in [3.63, 3.8) is 0 Å². The zero-order valence-electron chi connectivity index (χ0n) is 15.9. The van der Waals surface area contributed by atoms with Crippen LogP contribution in [0.1, 0.15) is 24.1 Å². The number of primary amides is 1. The minimum atomic E-state index is -0.504. The molecule has 0 radical (unpaired) electrons. The van der Waals surface area contributed by atoms with E-state index < -0.39 is 11.9 Å². The minimum absolute atomic E-state index is 0.445. The van der Waals surface area contributed by atoms with Crippen molar-refractivity contribution in [2.75, 3.05) is 12.4 Å². The zero-order valence-corrected chi connectivity index (χ0v) is 15.9. The lowest BCUT2D eigenvalue weighted by Gasteiger charge is -2.27. The first-order valence-corrected chi connectivity index (χ1v) is 8.93. The van der Waals surface area contributed by atoms with E-state index in [0.29, 0.717) is 28.8 Å². The number of hydrogen-bond acceptors (Lipinski definition) is 5. The summed E-state index contributed by atoms with van der Waals surface area (Å²) in [4.78, 5) is 16.9. The molecular formula is C21H21N5O2. The average Bonchev–Trinajstić information content (AvgIpc) is 3.10. The SMILES string of the molecule is COc1cccc(C2C(C(N)=O)=C(C)Nc3nc(-c4ccc(C)cc4)nn32)c1. The molecule has 28 heavy (non-hydrogen) atoms. The highest BCUT2D eigenvalue weighted by Gasteiger charge is 2.33. The molecular weight excluding hydrogens is 354 g/mol. The van der Waals surface area contributed by atoms with Crippen LogP contribution in [0.25, 0.3) is 11.4 Å². The van der Waals surface area contributed by atoms with Crippen LogP contribution in [-0.2, 0) is 4.79 Å². The Labute approximate surface area is 162 Å². The van der Waals surface area contributed by atoms with Crippen LogP contribution in [0.3, 0.4) is 0 Å². The van der Waals surface area contributed by atoms with Crippen molar-refractivity contribution in [3.8, 4) is 17.1 Å². The van der Waals surface area contributed by atoms with Gasteiger partial charge in [0.1, 0.15) is 11.8 Å². The molecule has 0 spiro atoms. The van der Waals surface area contributed by atoms with Gasteiger partial charge in [0, 0.05) is 11.3 Å². The summed E-state index contributed by atoms with van der Waals surface area (Å²) < 4.78 is 7.05. The summed E-state index contributed by atoms with van der Waals surface area (Å²) >= 11 is 0. The molecule has 3 aromatic rings. The van der Waals surface area contributed by atoms with Gasteiger partial charge in [0.05, 0.1) is 12.7 Å². The number of carbonyl (C=O) groups is 1. The van der Waals surface area contributed by atoms with E-state index in [1.54, 1.807) is 11.8 Å². The van der Waals surface area contributed by atoms with Gasteiger partial charge in [0.2, 0.25) is 11.9 Å². The summed E-state index contributed by atoms with van der Waals surface area (Å²) in [5, 5.41) is 7.85. The van der Waals surface area contributed by atoms with E-state index in [9.17, 15) is 4.79 Å². The van der Waals surface area contributed by atoms with Crippen molar-refractivity contribution in [2.24, 2.45) is 5.73 Å². The van der Waals surface area contributed by atoms with Crippen molar-refractivity contribution in [1.29, 1.82) is 0 Å². The molecule has 0 aliphatic carbocycles. The van der Waals surface area contributed by atoms with E-state index in [-0.39, 0.29) is 0 Å². The molecule has 1 aliphatic rings. The third kappa shape index (κ3) is 3.00. The Morgan fingerprint density at radius 1 is 1.18 bits per heavy atom. The van der Waals surface area contributed by atoms with Crippen molar-refractivity contribution < 1.29 is 9.53 Å². The molecule has 0 bridgehead atoms. The van der Waals surface area contributed by atoms with E-state index >= 15 is 0 Å². The quantitative estimate of drug-likeness (QED) is 0.731. The Morgan fingerprint density at radius 3 is 2.61 bits per heavy atom. The lowest BCUT2D eigenvalue weighted by atomic mass is 9.95. The van der Waals surface area contributed by atoms with Crippen molar-refractivity contribution in [1.82, 2.24) is 14.8 Å². The molecule has 7 nitrogen and oxygen atoms in total. The molecule has 1 aromatic heterocycles. The number of rotatable bonds is 4. The fourth-order valence-corrected chi connectivity index (χ4v) is 3.41. The second-order valence-electron chi connectivity index (χ2n) is 6.78. The number of ether oxygens (including phenoxy) is 1. The van der Waals surface area contributed by atoms with E-state index in [2.05, 4.69) is 10.3 Å². The molecule has 4 rings (SSSR count). The lowest BCUT2D eigenvalue weighted by molar-refractivity contribution is -0.115. The van der Waals surface area contributed by atoms with Crippen molar-refractivity contribution in [2.45, 2.75) is 19.9 Å². The number of methoxy groups -OCH3 is 1. The Hall–Kier alpha value is -3.61. The first kappa shape index (κ1) is 17.8. The van der Waals surface area contributed by atoms with Gasteiger partial charge >= 0.3 is 0 Å². The molecule has 3 N–H and O–H groups in total. The average molecular weight is 375 g/mol. The molecule has 142 valence electrons. The number of nitrogens with two attached hydrogens (primary N) is 1. The zero-order chi connectivity index (χ0) is 19.8. The monoisotopic (exact) mass is 375 g/mol. The number of carbonyl (C=O) groups excluding carboxylic acids is 1. The largest absolute Gasteiger partial charge is 0.497 e. The molecule has 1 atom stereocenters. The number of hydrogen-bond donors (Lipinski definition) is 2. The van der Waals surface area contributed by atoms with Gasteiger partial charge in [-0.3, -0.25) is 4.79 Å². The molecule has 2 aromatic carbocycles. The van der Waals surface area contributed by atoms with Crippen LogP contribution in [0.5, 0.6) is 5.75 Å². The van der Waals surface area contributed by atoms with Crippen molar-refractivity contribution in [3.05, 3.63) is 70.9 Å². The van der Waals surface area contributed by atoms with E-state index in [1.807, 2.05) is 62.4 Å². The number of allylic oxidation sites excluding steroid dienone is 1. The topological polar surface area (TPSA) is 95.1 Å². The maximum absolute atomic E-state index is 12.3. The van der Waals surface area contributed by atoms with Gasteiger partial charge in [-0.2, -0.15) is 4.98 Å². The normalized spacial score (nSPS) is 15.8. The van der Waals surface area contributed by atoms with Crippen molar-refractivity contribution >= 4 is 11.9 Å². The molecule has 0 fully saturated rings. The van der Waals surface area contributed by atoms with Gasteiger partial charge < -0.3 is 15.8 Å². The van der Waals surface area contributed by atoms with E-state index in [1.165, 1.54) is 0 Å². The summed E-state index contributed by atoms with van der Waals surface area (Å²) in [7, 11) is 1.61. The Morgan fingerprint density at radius 2 is 1.93 bits per heavy atom. The number of nitrogens with one attached hydrogen (secondary N) is 1. The highest BCUT2D eigenvalue weighted by atomic mass is 16.5. The van der Waals surface area contributed by atoms with E-state index in [4.69, 9.17) is 15.6 Å². The number of benzene rings is 2. The molecule has 1 aliphatic heterocycles. The van der Waals surface area contributed by atoms with Gasteiger partial charge in [-0.05, 0) is 31.5 Å². The van der Waals surface area contributed by atoms with Gasteiger partial charge in [0.15, 0.2) is 5.82 Å². The highest BCUT2D eigenvalue weighted by Crippen LogP contribution is 2.36. The van der Waals surface area contributed by atoms with Crippen LogP contribution < -0.4 is 15.8 Å². The van der Waals surface area contributed by atoms with Gasteiger partial charge in [-0.25, -0.2) is 4.68 Å². The Kier molecular flexibility index (Phi) is 4.35.